The molecule has 0 aliphatic heterocycles. The number of nitrogens with one attached hydrogen (secondary N) is 1. The zero-order valence-corrected chi connectivity index (χ0v) is 14.0. The van der Waals surface area contributed by atoms with Crippen molar-refractivity contribution in [3.05, 3.63) is 28.2 Å². The van der Waals surface area contributed by atoms with Gasteiger partial charge in [-0.3, -0.25) is 0 Å². The van der Waals surface area contributed by atoms with Gasteiger partial charge in [0.2, 0.25) is 0 Å². The Morgan fingerprint density at radius 3 is 2.75 bits per heavy atom. The first-order valence-electron chi connectivity index (χ1n) is 6.85. The van der Waals surface area contributed by atoms with Crippen molar-refractivity contribution in [2.24, 2.45) is 0 Å². The number of hydrogen-bond donors (Lipinski definition) is 1. The summed E-state index contributed by atoms with van der Waals surface area (Å²) >= 11 is 3.47. The van der Waals surface area contributed by atoms with Crippen molar-refractivity contribution in [1.29, 1.82) is 0 Å². The van der Waals surface area contributed by atoms with Gasteiger partial charge in [-0.05, 0) is 46.5 Å². The molecule has 6 heteroatoms. The van der Waals surface area contributed by atoms with Crippen molar-refractivity contribution < 1.29 is 13.2 Å². The van der Waals surface area contributed by atoms with E-state index in [1.165, 1.54) is 18.4 Å². The fourth-order valence-electron chi connectivity index (χ4n) is 1.74. The van der Waals surface area contributed by atoms with Crippen molar-refractivity contribution >= 4 is 25.8 Å². The predicted molar refractivity (Wildman–Crippen MR) is 83.8 cm³/mol. The summed E-state index contributed by atoms with van der Waals surface area (Å²) in [6.07, 6.45) is 2.54. The van der Waals surface area contributed by atoms with E-state index in [4.69, 9.17) is 4.74 Å². The van der Waals surface area contributed by atoms with E-state index in [2.05, 4.69) is 21.2 Å². The molecule has 0 heterocycles. The third kappa shape index (κ3) is 5.07. The highest BCUT2D eigenvalue weighted by atomic mass is 79.9. The summed E-state index contributed by atoms with van der Waals surface area (Å²) in [4.78, 5) is 0. The Balaban J connectivity index is 1.85. The first kappa shape index (κ1) is 15.8. The van der Waals surface area contributed by atoms with Crippen LogP contribution in [0.2, 0.25) is 0 Å². The molecule has 1 aromatic carbocycles. The molecule has 112 valence electrons. The fraction of sp³-hybridized carbons (Fsp3) is 0.571. The van der Waals surface area contributed by atoms with Gasteiger partial charge in [0.15, 0.2) is 9.84 Å². The first-order valence-corrected chi connectivity index (χ1v) is 9.46. The van der Waals surface area contributed by atoms with E-state index < -0.39 is 9.84 Å². The molecular weight excluding hydrogens is 342 g/mol. The summed E-state index contributed by atoms with van der Waals surface area (Å²) in [7, 11) is -2.97. The summed E-state index contributed by atoms with van der Waals surface area (Å²) < 4.78 is 29.2. The van der Waals surface area contributed by atoms with Gasteiger partial charge < -0.3 is 10.1 Å². The highest BCUT2D eigenvalue weighted by Crippen LogP contribution is 2.27. The maximum absolute atomic E-state index is 11.4. The van der Waals surface area contributed by atoms with Crippen LogP contribution in [0.1, 0.15) is 25.3 Å². The van der Waals surface area contributed by atoms with Crippen molar-refractivity contribution in [2.45, 2.75) is 32.4 Å². The van der Waals surface area contributed by atoms with E-state index in [9.17, 15) is 8.42 Å². The van der Waals surface area contributed by atoms with E-state index in [0.29, 0.717) is 11.8 Å². The Kier molecular flexibility index (Phi) is 5.46. The van der Waals surface area contributed by atoms with Crippen LogP contribution >= 0.6 is 15.9 Å². The molecule has 1 aromatic rings. The molecule has 2 rings (SSSR count). The lowest BCUT2D eigenvalue weighted by Crippen LogP contribution is -2.16. The Hall–Kier alpha value is -0.590. The maximum Gasteiger partial charge on any atom is 0.153 e. The summed E-state index contributed by atoms with van der Waals surface area (Å²) in [6.45, 7) is 2.69. The second-order valence-corrected chi connectivity index (χ2v) is 8.33. The lowest BCUT2D eigenvalue weighted by Gasteiger charge is -2.10. The molecule has 0 radical (unpaired) electrons. The average Bonchev–Trinajstić information content (AvgIpc) is 3.23. The molecule has 4 nitrogen and oxygen atoms in total. The normalized spacial score (nSPS) is 15.3. The van der Waals surface area contributed by atoms with Crippen molar-refractivity contribution in [3.8, 4) is 5.75 Å². The molecule has 1 N–H and O–H groups in total. The third-order valence-corrected chi connectivity index (χ3v) is 5.55. The second kappa shape index (κ2) is 6.91. The minimum Gasteiger partial charge on any atom is -0.491 e. The van der Waals surface area contributed by atoms with Gasteiger partial charge in [0, 0.05) is 18.3 Å². The second-order valence-electron chi connectivity index (χ2n) is 5.00. The zero-order chi connectivity index (χ0) is 14.6. The molecule has 0 atom stereocenters. The molecule has 0 saturated heterocycles. The van der Waals surface area contributed by atoms with Crippen LogP contribution in [-0.2, 0) is 16.4 Å². The van der Waals surface area contributed by atoms with Crippen LogP contribution in [0.3, 0.4) is 0 Å². The van der Waals surface area contributed by atoms with E-state index in [1.54, 1.807) is 6.92 Å². The first-order chi connectivity index (χ1) is 9.50. The Morgan fingerprint density at radius 1 is 1.40 bits per heavy atom. The maximum atomic E-state index is 11.4. The third-order valence-electron chi connectivity index (χ3n) is 3.26. The average molecular weight is 362 g/mol. The molecule has 1 aliphatic carbocycles. The van der Waals surface area contributed by atoms with Gasteiger partial charge in [0.25, 0.3) is 0 Å². The summed E-state index contributed by atoms with van der Waals surface area (Å²) in [6, 6.07) is 6.58. The SMILES string of the molecule is CCS(=O)(=O)CCOc1ccc(CNC2CC2)cc1Br. The molecule has 0 bridgehead atoms. The molecule has 20 heavy (non-hydrogen) atoms. The topological polar surface area (TPSA) is 55.4 Å². The van der Waals surface area contributed by atoms with Crippen LogP contribution < -0.4 is 10.1 Å². The van der Waals surface area contributed by atoms with Crippen molar-refractivity contribution in [3.63, 3.8) is 0 Å². The number of sulfone groups is 1. The number of benzene rings is 1. The number of ether oxygens (including phenoxy) is 1. The molecule has 1 saturated carbocycles. The van der Waals surface area contributed by atoms with Crippen molar-refractivity contribution in [2.75, 3.05) is 18.1 Å². The van der Waals surface area contributed by atoms with Gasteiger partial charge in [-0.15, -0.1) is 0 Å². The molecule has 1 fully saturated rings. The smallest absolute Gasteiger partial charge is 0.153 e. The quantitative estimate of drug-likeness (QED) is 0.772. The number of rotatable bonds is 8. The van der Waals surface area contributed by atoms with E-state index in [0.717, 1.165) is 11.0 Å². The summed E-state index contributed by atoms with van der Waals surface area (Å²) in [5.41, 5.74) is 1.19. The summed E-state index contributed by atoms with van der Waals surface area (Å²) in [5.74, 6) is 0.899. The number of halogens is 1. The monoisotopic (exact) mass is 361 g/mol. The number of hydrogen-bond acceptors (Lipinski definition) is 4. The van der Waals surface area contributed by atoms with Gasteiger partial charge in [0.05, 0.1) is 10.2 Å². The molecule has 0 amide bonds. The molecule has 1 aliphatic rings. The standard InChI is InChI=1S/C14H20BrNO3S/c1-2-20(17,18)8-7-19-14-6-3-11(9-13(14)15)10-16-12-4-5-12/h3,6,9,12,16H,2,4-5,7-8,10H2,1H3. The van der Waals surface area contributed by atoms with Crippen LogP contribution in [0.15, 0.2) is 22.7 Å². The highest BCUT2D eigenvalue weighted by molar-refractivity contribution is 9.10. The highest BCUT2D eigenvalue weighted by Gasteiger charge is 2.20. The largest absolute Gasteiger partial charge is 0.491 e. The van der Waals surface area contributed by atoms with Gasteiger partial charge in [-0.25, -0.2) is 8.42 Å². The summed E-state index contributed by atoms with van der Waals surface area (Å²) in [5, 5.41) is 3.45. The minimum absolute atomic E-state index is 0.0565. The molecule has 0 spiro atoms. The minimum atomic E-state index is -2.97. The van der Waals surface area contributed by atoms with Crippen LogP contribution in [0.4, 0.5) is 0 Å². The molecule has 0 aromatic heterocycles. The fourth-order valence-corrected chi connectivity index (χ4v) is 2.91. The molecular formula is C14H20BrNO3S. The Morgan fingerprint density at radius 2 is 2.15 bits per heavy atom. The van der Waals surface area contributed by atoms with Crippen LogP contribution in [-0.4, -0.2) is 32.6 Å². The van der Waals surface area contributed by atoms with Crippen LogP contribution in [0.25, 0.3) is 0 Å². The van der Waals surface area contributed by atoms with Crippen LogP contribution in [0, 0.1) is 0 Å². The Bertz CT molecular complexity index is 556. The van der Waals surface area contributed by atoms with Gasteiger partial charge in [0.1, 0.15) is 12.4 Å². The Labute approximate surface area is 129 Å². The zero-order valence-electron chi connectivity index (χ0n) is 11.6. The van der Waals surface area contributed by atoms with E-state index in [1.807, 2.05) is 18.2 Å². The van der Waals surface area contributed by atoms with Gasteiger partial charge in [-0.1, -0.05) is 13.0 Å². The van der Waals surface area contributed by atoms with E-state index >= 15 is 0 Å². The van der Waals surface area contributed by atoms with E-state index in [-0.39, 0.29) is 18.1 Å². The lowest BCUT2D eigenvalue weighted by molar-refractivity contribution is 0.338. The van der Waals surface area contributed by atoms with Crippen molar-refractivity contribution in [1.82, 2.24) is 5.32 Å². The lowest BCUT2D eigenvalue weighted by atomic mass is 10.2. The van der Waals surface area contributed by atoms with Gasteiger partial charge in [-0.2, -0.15) is 0 Å². The predicted octanol–water partition coefficient (Wildman–Crippen LogP) is 2.51. The van der Waals surface area contributed by atoms with Crippen LogP contribution in [0.5, 0.6) is 5.75 Å². The molecule has 0 unspecified atom stereocenters. The van der Waals surface area contributed by atoms with Gasteiger partial charge >= 0.3 is 0 Å².